The molecule has 2 heterocycles. The molecular formula is C15H13ClN2O3. The molecule has 1 aromatic heterocycles. The molecule has 3 rings (SSSR count). The second-order valence-corrected chi connectivity index (χ2v) is 5.02. The van der Waals surface area contributed by atoms with Crippen molar-refractivity contribution in [3.8, 4) is 0 Å². The minimum absolute atomic E-state index is 0.225. The van der Waals surface area contributed by atoms with Crippen LogP contribution < -0.4 is 5.32 Å². The van der Waals surface area contributed by atoms with Gasteiger partial charge in [-0.2, -0.15) is 0 Å². The largest absolute Gasteiger partial charge is 0.467 e. The third-order valence-corrected chi connectivity index (χ3v) is 3.49. The van der Waals surface area contributed by atoms with Crippen molar-refractivity contribution in [2.45, 2.75) is 19.1 Å². The number of rotatable bonds is 4. The number of halogens is 1. The smallest absolute Gasteiger partial charge is 0.264 e. The van der Waals surface area contributed by atoms with Crippen molar-refractivity contribution in [3.05, 3.63) is 59.0 Å². The number of amides is 1. The molecule has 21 heavy (non-hydrogen) atoms. The maximum atomic E-state index is 12.0. The molecular weight excluding hydrogens is 292 g/mol. The van der Waals surface area contributed by atoms with Crippen molar-refractivity contribution in [3.63, 3.8) is 0 Å². The molecule has 5 nitrogen and oxygen atoms in total. The Balaban J connectivity index is 1.58. The van der Waals surface area contributed by atoms with Crippen molar-refractivity contribution < 1.29 is 14.0 Å². The first-order chi connectivity index (χ1) is 10.2. The van der Waals surface area contributed by atoms with Gasteiger partial charge in [0.2, 0.25) is 6.10 Å². The molecule has 1 atom stereocenters. The minimum Gasteiger partial charge on any atom is -0.467 e. The number of oxime groups is 1. The van der Waals surface area contributed by atoms with Gasteiger partial charge in [-0.1, -0.05) is 35.0 Å². The van der Waals surface area contributed by atoms with Crippen LogP contribution in [-0.2, 0) is 16.2 Å². The van der Waals surface area contributed by atoms with Crippen LogP contribution in [0.4, 0.5) is 0 Å². The summed E-state index contributed by atoms with van der Waals surface area (Å²) in [6, 6.07) is 10.9. The summed E-state index contributed by atoms with van der Waals surface area (Å²) in [5, 5.41) is 7.31. The van der Waals surface area contributed by atoms with Gasteiger partial charge in [0.1, 0.15) is 5.76 Å². The van der Waals surface area contributed by atoms with E-state index in [-0.39, 0.29) is 5.91 Å². The summed E-state index contributed by atoms with van der Waals surface area (Å²) in [6.07, 6.45) is 1.33. The summed E-state index contributed by atoms with van der Waals surface area (Å²) in [5.74, 6) is 0.464. The van der Waals surface area contributed by atoms with Crippen molar-refractivity contribution in [2.75, 3.05) is 0 Å². The summed E-state index contributed by atoms with van der Waals surface area (Å²) < 4.78 is 5.15. The van der Waals surface area contributed by atoms with E-state index in [1.807, 2.05) is 18.2 Å². The summed E-state index contributed by atoms with van der Waals surface area (Å²) in [4.78, 5) is 17.2. The normalized spacial score (nSPS) is 17.2. The molecule has 0 radical (unpaired) electrons. The molecule has 0 saturated carbocycles. The number of benzene rings is 1. The van der Waals surface area contributed by atoms with Gasteiger partial charge in [-0.3, -0.25) is 4.79 Å². The zero-order chi connectivity index (χ0) is 14.7. The molecule has 0 spiro atoms. The van der Waals surface area contributed by atoms with Gasteiger partial charge in [0, 0.05) is 17.0 Å². The number of carbonyl (C=O) groups excluding carboxylic acids is 1. The fraction of sp³-hybridized carbons (Fsp3) is 0.200. The minimum atomic E-state index is -0.633. The van der Waals surface area contributed by atoms with Crippen LogP contribution in [0.2, 0.25) is 5.02 Å². The molecule has 0 saturated heterocycles. The van der Waals surface area contributed by atoms with Crippen molar-refractivity contribution >= 4 is 23.2 Å². The Labute approximate surface area is 126 Å². The highest BCUT2D eigenvalue weighted by atomic mass is 35.5. The lowest BCUT2D eigenvalue weighted by Crippen LogP contribution is -2.34. The van der Waals surface area contributed by atoms with E-state index >= 15 is 0 Å². The maximum Gasteiger partial charge on any atom is 0.264 e. The van der Waals surface area contributed by atoms with Crippen molar-refractivity contribution in [1.29, 1.82) is 0 Å². The summed E-state index contributed by atoms with van der Waals surface area (Å²) >= 11 is 6.11. The van der Waals surface area contributed by atoms with Gasteiger partial charge in [-0.25, -0.2) is 0 Å². The molecule has 0 aliphatic carbocycles. The fourth-order valence-corrected chi connectivity index (χ4v) is 2.32. The number of nitrogens with zero attached hydrogens (tertiary/aromatic N) is 1. The van der Waals surface area contributed by atoms with Crippen LogP contribution in [0.1, 0.15) is 17.7 Å². The van der Waals surface area contributed by atoms with Gasteiger partial charge in [0.05, 0.1) is 18.5 Å². The molecule has 2 aromatic rings. The Hall–Kier alpha value is -2.27. The van der Waals surface area contributed by atoms with Gasteiger partial charge in [-0.05, 0) is 18.2 Å². The average Bonchev–Trinajstić information content (AvgIpc) is 3.17. The van der Waals surface area contributed by atoms with Crippen LogP contribution in [0.3, 0.4) is 0 Å². The van der Waals surface area contributed by atoms with E-state index in [4.69, 9.17) is 20.9 Å². The second-order valence-electron chi connectivity index (χ2n) is 4.61. The molecule has 1 amide bonds. The maximum absolute atomic E-state index is 12.0. The third-order valence-electron chi connectivity index (χ3n) is 3.16. The van der Waals surface area contributed by atoms with Crippen LogP contribution in [0.5, 0.6) is 0 Å². The number of carbonyl (C=O) groups is 1. The molecule has 1 aromatic carbocycles. The van der Waals surface area contributed by atoms with Crippen LogP contribution >= 0.6 is 11.6 Å². The highest BCUT2D eigenvalue weighted by Gasteiger charge is 2.29. The van der Waals surface area contributed by atoms with Crippen LogP contribution in [0, 0.1) is 0 Å². The molecule has 6 heteroatoms. The lowest BCUT2D eigenvalue weighted by Gasteiger charge is -2.08. The van der Waals surface area contributed by atoms with E-state index in [0.29, 0.717) is 29.5 Å². The number of nitrogens with one attached hydrogen (secondary N) is 1. The van der Waals surface area contributed by atoms with E-state index in [1.165, 1.54) is 0 Å². The Kier molecular flexibility index (Phi) is 3.92. The topological polar surface area (TPSA) is 63.8 Å². The summed E-state index contributed by atoms with van der Waals surface area (Å²) in [6.45, 7) is 0.327. The van der Waals surface area contributed by atoms with Crippen LogP contribution in [0.15, 0.2) is 52.2 Å². The van der Waals surface area contributed by atoms with Gasteiger partial charge < -0.3 is 14.6 Å². The molecule has 0 bridgehead atoms. The van der Waals surface area contributed by atoms with E-state index in [9.17, 15) is 4.79 Å². The number of furan rings is 1. The summed E-state index contributed by atoms with van der Waals surface area (Å²) in [7, 11) is 0. The first-order valence-corrected chi connectivity index (χ1v) is 6.89. The second kappa shape index (κ2) is 6.01. The Bertz CT molecular complexity index is 667. The lowest BCUT2D eigenvalue weighted by atomic mass is 10.0. The van der Waals surface area contributed by atoms with Crippen molar-refractivity contribution in [2.24, 2.45) is 5.16 Å². The number of hydrogen-bond donors (Lipinski definition) is 1. The van der Waals surface area contributed by atoms with Gasteiger partial charge in [0.15, 0.2) is 0 Å². The first-order valence-electron chi connectivity index (χ1n) is 6.52. The zero-order valence-electron chi connectivity index (χ0n) is 11.1. The summed E-state index contributed by atoms with van der Waals surface area (Å²) in [5.41, 5.74) is 1.47. The third kappa shape index (κ3) is 3.08. The standard InChI is InChI=1S/C15H13ClN2O3/c16-12-6-2-1-5-11(12)13-8-14(21-18-13)15(19)17-9-10-4-3-7-20-10/h1-7,14H,8-9H2,(H,17,19)/t14-/m0/s1. The van der Waals surface area contributed by atoms with Gasteiger partial charge >= 0.3 is 0 Å². The lowest BCUT2D eigenvalue weighted by molar-refractivity contribution is -0.131. The SMILES string of the molecule is O=C(NCc1ccco1)[C@@H]1CC(c2ccccc2Cl)=NO1. The predicted molar refractivity (Wildman–Crippen MR) is 78.0 cm³/mol. The van der Waals surface area contributed by atoms with Gasteiger partial charge in [-0.15, -0.1) is 0 Å². The predicted octanol–water partition coefficient (Wildman–Crippen LogP) is 2.74. The van der Waals surface area contributed by atoms with Gasteiger partial charge in [0.25, 0.3) is 5.91 Å². The molecule has 0 fully saturated rings. The highest BCUT2D eigenvalue weighted by molar-refractivity contribution is 6.34. The monoisotopic (exact) mass is 304 g/mol. The molecule has 1 aliphatic rings. The number of hydrogen-bond acceptors (Lipinski definition) is 4. The first kappa shape index (κ1) is 13.7. The Morgan fingerprint density at radius 3 is 2.95 bits per heavy atom. The zero-order valence-corrected chi connectivity index (χ0v) is 11.8. The van der Waals surface area contributed by atoms with E-state index < -0.39 is 6.10 Å². The van der Waals surface area contributed by atoms with E-state index in [2.05, 4.69) is 10.5 Å². The quantitative estimate of drug-likeness (QED) is 0.944. The molecule has 108 valence electrons. The molecule has 1 N–H and O–H groups in total. The fourth-order valence-electron chi connectivity index (χ4n) is 2.07. The molecule has 1 aliphatic heterocycles. The van der Waals surface area contributed by atoms with Crippen molar-refractivity contribution in [1.82, 2.24) is 5.32 Å². The van der Waals surface area contributed by atoms with E-state index in [0.717, 1.165) is 5.56 Å². The van der Waals surface area contributed by atoms with E-state index in [1.54, 1.807) is 24.5 Å². The van der Waals surface area contributed by atoms with Crippen LogP contribution in [0.25, 0.3) is 0 Å². The van der Waals surface area contributed by atoms with Crippen LogP contribution in [-0.4, -0.2) is 17.7 Å². The Morgan fingerprint density at radius 2 is 2.19 bits per heavy atom. The molecule has 0 unspecified atom stereocenters. The Morgan fingerprint density at radius 1 is 1.33 bits per heavy atom. The average molecular weight is 305 g/mol. The highest BCUT2D eigenvalue weighted by Crippen LogP contribution is 2.22.